The fraction of sp³-hybridized carbons (Fsp3) is 0.875. The van der Waals surface area contributed by atoms with Crippen molar-refractivity contribution in [3.8, 4) is 0 Å². The first kappa shape index (κ1) is 21.3. The summed E-state index contributed by atoms with van der Waals surface area (Å²) < 4.78 is 4.76. The largest absolute Gasteiger partial charge is 0.469 e. The molecule has 3 unspecified atom stereocenters. The molecule has 0 heterocycles. The van der Waals surface area contributed by atoms with Crippen molar-refractivity contribution in [3.63, 3.8) is 0 Å². The summed E-state index contributed by atoms with van der Waals surface area (Å²) in [5.41, 5.74) is 7.45. The van der Waals surface area contributed by atoms with Gasteiger partial charge in [-0.15, -0.1) is 0 Å². The molecule has 0 saturated heterocycles. The fourth-order valence-electron chi connectivity index (χ4n) is 7.88. The Morgan fingerprint density at radius 2 is 1.97 bits per heavy atom. The van der Waals surface area contributed by atoms with Crippen LogP contribution in [0.15, 0.2) is 11.6 Å². The lowest BCUT2D eigenvalue weighted by atomic mass is 9.43. The number of nitrogens with two attached hydrogens (primary N) is 1. The topological polar surface area (TPSA) is 92.8 Å². The highest BCUT2D eigenvalue weighted by Crippen LogP contribution is 2.67. The van der Waals surface area contributed by atoms with Crippen LogP contribution in [0.3, 0.4) is 0 Å². The molecule has 0 aromatic rings. The molecule has 164 valence electrons. The summed E-state index contributed by atoms with van der Waals surface area (Å²) in [7, 11) is 1.42. The zero-order valence-electron chi connectivity index (χ0n) is 18.3. The van der Waals surface area contributed by atoms with E-state index in [0.29, 0.717) is 30.6 Å². The average Bonchev–Trinajstić information content (AvgIpc) is 3.02. The SMILES string of the molecule is COC(=O)CC/C=C1\CCC2C3C(C[C@H](O)[C@]12C)[C@@]1(C)CC[C@H](N)C[C@H]1C[C@H]3O. The maximum Gasteiger partial charge on any atom is 0.305 e. The second kappa shape index (κ2) is 7.65. The van der Waals surface area contributed by atoms with Crippen molar-refractivity contribution >= 4 is 5.97 Å². The zero-order chi connectivity index (χ0) is 21.0. The maximum absolute atomic E-state index is 11.5. The van der Waals surface area contributed by atoms with Gasteiger partial charge in [-0.1, -0.05) is 25.5 Å². The number of carbonyl (C=O) groups is 1. The highest BCUT2D eigenvalue weighted by atomic mass is 16.5. The van der Waals surface area contributed by atoms with E-state index < -0.39 is 0 Å². The first-order chi connectivity index (χ1) is 13.7. The van der Waals surface area contributed by atoms with Crippen LogP contribution < -0.4 is 5.73 Å². The monoisotopic (exact) mass is 405 g/mol. The number of methoxy groups -OCH3 is 1. The van der Waals surface area contributed by atoms with Gasteiger partial charge in [0.15, 0.2) is 0 Å². The second-order valence-electron chi connectivity index (χ2n) is 10.7. The Hall–Kier alpha value is -0.910. The highest BCUT2D eigenvalue weighted by molar-refractivity contribution is 5.69. The van der Waals surface area contributed by atoms with E-state index in [1.54, 1.807) is 0 Å². The van der Waals surface area contributed by atoms with Crippen LogP contribution in [0.4, 0.5) is 0 Å². The van der Waals surface area contributed by atoms with Gasteiger partial charge in [-0.25, -0.2) is 0 Å². The number of esters is 1. The molecule has 4 aliphatic carbocycles. The molecule has 0 amide bonds. The highest BCUT2D eigenvalue weighted by Gasteiger charge is 2.64. The van der Waals surface area contributed by atoms with Crippen LogP contribution >= 0.6 is 0 Å². The van der Waals surface area contributed by atoms with Crippen molar-refractivity contribution in [3.05, 3.63) is 11.6 Å². The normalized spacial score (nSPS) is 50.6. The van der Waals surface area contributed by atoms with E-state index in [9.17, 15) is 15.0 Å². The van der Waals surface area contributed by atoms with Gasteiger partial charge in [-0.05, 0) is 80.5 Å². The Morgan fingerprint density at radius 1 is 1.21 bits per heavy atom. The van der Waals surface area contributed by atoms with E-state index >= 15 is 0 Å². The van der Waals surface area contributed by atoms with Crippen molar-refractivity contribution in [2.24, 2.45) is 40.2 Å². The van der Waals surface area contributed by atoms with Crippen LogP contribution in [0.1, 0.15) is 71.6 Å². The Kier molecular flexibility index (Phi) is 5.63. The number of fused-ring (bicyclic) bond motifs is 5. The van der Waals surface area contributed by atoms with E-state index in [0.717, 1.165) is 44.9 Å². The van der Waals surface area contributed by atoms with Gasteiger partial charge in [0.05, 0.1) is 19.3 Å². The van der Waals surface area contributed by atoms with E-state index in [-0.39, 0.29) is 41.0 Å². The minimum atomic E-state index is -0.390. The fourth-order valence-corrected chi connectivity index (χ4v) is 7.88. The molecule has 4 aliphatic rings. The first-order valence-electron chi connectivity index (χ1n) is 11.6. The third-order valence-corrected chi connectivity index (χ3v) is 9.64. The Bertz CT molecular complexity index is 678. The lowest BCUT2D eigenvalue weighted by molar-refractivity contribution is -0.184. The number of allylic oxidation sites excluding steroid dienone is 1. The van der Waals surface area contributed by atoms with Crippen LogP contribution in [-0.4, -0.2) is 41.5 Å². The smallest absolute Gasteiger partial charge is 0.305 e. The van der Waals surface area contributed by atoms with Crippen molar-refractivity contribution < 1.29 is 19.7 Å². The van der Waals surface area contributed by atoms with Crippen molar-refractivity contribution in [2.75, 3.05) is 7.11 Å². The van der Waals surface area contributed by atoms with Crippen LogP contribution in [0.2, 0.25) is 0 Å². The predicted octanol–water partition coefficient (Wildman–Crippen LogP) is 3.18. The molecule has 29 heavy (non-hydrogen) atoms. The summed E-state index contributed by atoms with van der Waals surface area (Å²) in [6.45, 7) is 4.61. The van der Waals surface area contributed by atoms with Gasteiger partial charge in [0.2, 0.25) is 0 Å². The molecule has 0 aromatic heterocycles. The summed E-state index contributed by atoms with van der Waals surface area (Å²) in [5.74, 6) is 1.21. The zero-order valence-corrected chi connectivity index (χ0v) is 18.3. The average molecular weight is 406 g/mol. The second-order valence-corrected chi connectivity index (χ2v) is 10.7. The minimum absolute atomic E-state index is 0.180. The van der Waals surface area contributed by atoms with E-state index in [4.69, 9.17) is 10.5 Å². The Balaban J connectivity index is 1.60. The van der Waals surface area contributed by atoms with Crippen molar-refractivity contribution in [1.82, 2.24) is 0 Å². The Morgan fingerprint density at radius 3 is 2.69 bits per heavy atom. The van der Waals surface area contributed by atoms with Gasteiger partial charge in [-0.3, -0.25) is 4.79 Å². The minimum Gasteiger partial charge on any atom is -0.469 e. The summed E-state index contributed by atoms with van der Waals surface area (Å²) >= 11 is 0. The predicted molar refractivity (Wildman–Crippen MR) is 112 cm³/mol. The third kappa shape index (κ3) is 3.28. The van der Waals surface area contributed by atoms with Crippen molar-refractivity contribution in [2.45, 2.75) is 89.9 Å². The molecule has 4 N–H and O–H groups in total. The van der Waals surface area contributed by atoms with Crippen LogP contribution in [0, 0.1) is 34.5 Å². The molecular weight excluding hydrogens is 366 g/mol. The van der Waals surface area contributed by atoms with Gasteiger partial charge < -0.3 is 20.7 Å². The molecule has 9 atom stereocenters. The van der Waals surface area contributed by atoms with Crippen molar-refractivity contribution in [1.29, 1.82) is 0 Å². The molecule has 4 fully saturated rings. The standard InChI is InChI=1S/C24H39NO4/c1-23-10-9-16(25)11-15(23)12-19(26)22-17-8-7-14(5-4-6-21(28)29-3)24(17,2)20(27)13-18(22)23/h5,15-20,22,26-27H,4,6-13,25H2,1-3H3/b14-5+/t15-,16-,17?,18?,19+,20-,22?,23-,24+/m0/s1. The molecule has 4 rings (SSSR count). The number of hydrogen-bond donors (Lipinski definition) is 3. The first-order valence-corrected chi connectivity index (χ1v) is 11.6. The maximum atomic E-state index is 11.5. The van der Waals surface area contributed by atoms with Gasteiger partial charge in [0, 0.05) is 17.9 Å². The van der Waals surface area contributed by atoms with E-state index in [1.165, 1.54) is 12.7 Å². The quantitative estimate of drug-likeness (QED) is 0.495. The van der Waals surface area contributed by atoms with Gasteiger partial charge in [0.25, 0.3) is 0 Å². The number of carbonyl (C=O) groups excluding carboxylic acids is 1. The van der Waals surface area contributed by atoms with Gasteiger partial charge in [0.1, 0.15) is 0 Å². The number of ether oxygens (including phenoxy) is 1. The molecule has 0 radical (unpaired) electrons. The van der Waals surface area contributed by atoms with E-state index in [1.807, 2.05) is 0 Å². The van der Waals surface area contributed by atoms with Crippen LogP contribution in [0.5, 0.6) is 0 Å². The molecule has 5 nitrogen and oxygen atoms in total. The summed E-state index contributed by atoms with van der Waals surface area (Å²) in [5, 5.41) is 22.7. The van der Waals surface area contributed by atoms with Crippen LogP contribution in [-0.2, 0) is 9.53 Å². The number of hydrogen-bond acceptors (Lipinski definition) is 5. The molecule has 0 spiro atoms. The lowest BCUT2D eigenvalue weighted by Crippen LogP contribution is -2.61. The summed E-state index contributed by atoms with van der Waals surface area (Å²) in [6.07, 6.45) is 9.31. The van der Waals surface area contributed by atoms with E-state index in [2.05, 4.69) is 19.9 Å². The third-order valence-electron chi connectivity index (χ3n) is 9.64. The molecule has 0 aromatic carbocycles. The molecule has 0 aliphatic heterocycles. The lowest BCUT2D eigenvalue weighted by Gasteiger charge is -2.63. The summed E-state index contributed by atoms with van der Waals surface area (Å²) in [4.78, 5) is 11.5. The summed E-state index contributed by atoms with van der Waals surface area (Å²) in [6, 6.07) is 0.256. The number of rotatable bonds is 3. The molecule has 4 saturated carbocycles. The van der Waals surface area contributed by atoms with Crippen LogP contribution in [0.25, 0.3) is 0 Å². The molecule has 0 bridgehead atoms. The van der Waals surface area contributed by atoms with Gasteiger partial charge in [-0.2, -0.15) is 0 Å². The number of aliphatic hydroxyl groups excluding tert-OH is 2. The molecule has 5 heteroatoms. The molecular formula is C24H39NO4. The number of aliphatic hydroxyl groups is 2. The van der Waals surface area contributed by atoms with Gasteiger partial charge >= 0.3 is 5.97 Å². The Labute approximate surface area is 175 Å².